The molecular weight excluding hydrogens is 244 g/mol. The number of hydrogen-bond donors (Lipinski definition) is 1. The van der Waals surface area contributed by atoms with Gasteiger partial charge in [0.15, 0.2) is 0 Å². The lowest BCUT2D eigenvalue weighted by molar-refractivity contribution is -0.132. The Morgan fingerprint density at radius 2 is 2.16 bits per heavy atom. The van der Waals surface area contributed by atoms with Crippen LogP contribution < -0.4 is 0 Å². The Morgan fingerprint density at radius 3 is 2.68 bits per heavy atom. The first-order valence-electron chi connectivity index (χ1n) is 6.09. The van der Waals surface area contributed by atoms with Crippen LogP contribution in [0.1, 0.15) is 29.8 Å². The van der Waals surface area contributed by atoms with Crippen LogP contribution in [-0.4, -0.2) is 27.4 Å². The molecule has 0 atom stereocenters. The second kappa shape index (κ2) is 5.22. The van der Waals surface area contributed by atoms with Crippen LogP contribution in [0.15, 0.2) is 24.3 Å². The summed E-state index contributed by atoms with van der Waals surface area (Å²) >= 11 is 0. The predicted octanol–water partition coefficient (Wildman–Crippen LogP) is 2.25. The summed E-state index contributed by atoms with van der Waals surface area (Å²) in [6, 6.07) is 1.88. The third-order valence-electron chi connectivity index (χ3n) is 2.74. The number of aliphatic carboxylic acids is 1. The van der Waals surface area contributed by atoms with Gasteiger partial charge in [-0.15, -0.1) is 5.10 Å². The van der Waals surface area contributed by atoms with E-state index in [-0.39, 0.29) is 11.7 Å². The largest absolute Gasteiger partial charge is 0.488 e. The molecule has 0 amide bonds. The van der Waals surface area contributed by atoms with Crippen molar-refractivity contribution in [2.24, 2.45) is 0 Å². The molecule has 1 N–H and O–H groups in total. The van der Waals surface area contributed by atoms with Crippen molar-refractivity contribution in [3.63, 3.8) is 0 Å². The fraction of sp³-hybridized carbons (Fsp3) is 0.357. The van der Waals surface area contributed by atoms with Gasteiger partial charge < -0.3 is 9.84 Å². The lowest BCUT2D eigenvalue weighted by Gasteiger charge is -2.11. The highest BCUT2D eigenvalue weighted by Crippen LogP contribution is 2.31. The maximum atomic E-state index is 10.9. The van der Waals surface area contributed by atoms with Gasteiger partial charge >= 0.3 is 5.97 Å². The number of nitrogens with zero attached hydrogens (tertiary/aromatic N) is 2. The molecule has 1 heterocycles. The topological polar surface area (TPSA) is 72.3 Å². The highest BCUT2D eigenvalue weighted by molar-refractivity contribution is 5.91. The molecule has 5 nitrogen and oxygen atoms in total. The zero-order valence-corrected chi connectivity index (χ0v) is 11.0. The molecule has 0 radical (unpaired) electrons. The zero-order valence-electron chi connectivity index (χ0n) is 11.0. The molecule has 2 rings (SSSR count). The lowest BCUT2D eigenvalue weighted by Crippen LogP contribution is -2.05. The molecule has 0 aromatic carbocycles. The lowest BCUT2D eigenvalue weighted by atomic mass is 10.1. The van der Waals surface area contributed by atoms with Crippen LogP contribution in [0, 0.1) is 13.8 Å². The monoisotopic (exact) mass is 260 g/mol. The highest BCUT2D eigenvalue weighted by Gasteiger charge is 2.26. The van der Waals surface area contributed by atoms with Crippen LogP contribution in [0.25, 0.3) is 5.76 Å². The molecule has 1 aliphatic rings. The second-order valence-corrected chi connectivity index (χ2v) is 4.67. The minimum absolute atomic E-state index is 0.0302. The minimum Gasteiger partial charge on any atom is -0.488 e. The second-order valence-electron chi connectivity index (χ2n) is 4.67. The quantitative estimate of drug-likeness (QED) is 0.499. The number of carboxylic acid groups (broad SMARTS) is 1. The Bertz CT molecular complexity index is 560. The third-order valence-corrected chi connectivity index (χ3v) is 2.74. The Morgan fingerprint density at radius 1 is 1.47 bits per heavy atom. The van der Waals surface area contributed by atoms with E-state index in [4.69, 9.17) is 9.84 Å². The van der Waals surface area contributed by atoms with Gasteiger partial charge in [0.2, 0.25) is 0 Å². The molecule has 1 aromatic rings. The van der Waals surface area contributed by atoms with E-state index in [1.165, 1.54) is 6.08 Å². The molecule has 1 aromatic heterocycles. The standard InChI is InChI=1S/C14H16N2O3/c1-8-6-10(3)15-16-13(8)12(19-11-4-5-11)7-9(2)14(17)18/h6-7,11H,2,4-5H2,1,3H3,(H,17,18)/b12-7+. The smallest absolute Gasteiger partial charge is 0.335 e. The molecular formula is C14H16N2O3. The summed E-state index contributed by atoms with van der Waals surface area (Å²) in [6.07, 6.45) is 3.52. The molecule has 0 saturated heterocycles. The minimum atomic E-state index is -1.07. The maximum Gasteiger partial charge on any atom is 0.335 e. The summed E-state index contributed by atoms with van der Waals surface area (Å²) in [5.74, 6) is -0.644. The summed E-state index contributed by atoms with van der Waals surface area (Å²) < 4.78 is 5.72. The van der Waals surface area contributed by atoms with Crippen molar-refractivity contribution in [2.45, 2.75) is 32.8 Å². The zero-order chi connectivity index (χ0) is 14.0. The van der Waals surface area contributed by atoms with E-state index in [1.807, 2.05) is 19.9 Å². The number of ether oxygens (including phenoxy) is 1. The van der Waals surface area contributed by atoms with Crippen molar-refractivity contribution in [1.29, 1.82) is 0 Å². The Kier molecular flexibility index (Phi) is 3.64. The normalized spacial score (nSPS) is 15.2. The van der Waals surface area contributed by atoms with E-state index in [0.717, 1.165) is 24.1 Å². The number of aromatic nitrogens is 2. The van der Waals surface area contributed by atoms with Crippen LogP contribution in [0.5, 0.6) is 0 Å². The molecule has 1 fully saturated rings. The number of carboxylic acids is 1. The first-order chi connectivity index (χ1) is 8.97. The number of carbonyl (C=O) groups is 1. The van der Waals surface area contributed by atoms with Gasteiger partial charge in [-0.1, -0.05) is 6.58 Å². The van der Waals surface area contributed by atoms with E-state index in [9.17, 15) is 4.79 Å². The first-order valence-corrected chi connectivity index (χ1v) is 6.09. The predicted molar refractivity (Wildman–Crippen MR) is 70.4 cm³/mol. The van der Waals surface area contributed by atoms with Crippen LogP contribution in [0.4, 0.5) is 0 Å². The van der Waals surface area contributed by atoms with Gasteiger partial charge in [-0.05, 0) is 44.4 Å². The van der Waals surface area contributed by atoms with Gasteiger partial charge in [-0.3, -0.25) is 0 Å². The maximum absolute atomic E-state index is 10.9. The van der Waals surface area contributed by atoms with Crippen LogP contribution in [-0.2, 0) is 9.53 Å². The van der Waals surface area contributed by atoms with Crippen molar-refractivity contribution in [2.75, 3.05) is 0 Å². The van der Waals surface area contributed by atoms with Crippen molar-refractivity contribution >= 4 is 11.7 Å². The Labute approximate surface area is 111 Å². The van der Waals surface area contributed by atoms with Gasteiger partial charge in [0.25, 0.3) is 0 Å². The SMILES string of the molecule is C=C(/C=C(/OC1CC1)c1nnc(C)cc1C)C(=O)O. The van der Waals surface area contributed by atoms with Gasteiger partial charge in [0.1, 0.15) is 11.5 Å². The van der Waals surface area contributed by atoms with Gasteiger partial charge in [0, 0.05) is 0 Å². The van der Waals surface area contributed by atoms with Crippen molar-refractivity contribution in [3.8, 4) is 0 Å². The number of rotatable bonds is 5. The molecule has 5 heteroatoms. The summed E-state index contributed by atoms with van der Waals surface area (Å²) in [4.78, 5) is 10.9. The van der Waals surface area contributed by atoms with Crippen molar-refractivity contribution in [3.05, 3.63) is 41.2 Å². The average Bonchev–Trinajstić information content (AvgIpc) is 3.12. The summed E-state index contributed by atoms with van der Waals surface area (Å²) in [5, 5.41) is 17.0. The van der Waals surface area contributed by atoms with Crippen LogP contribution >= 0.6 is 0 Å². The fourth-order valence-electron chi connectivity index (χ4n) is 1.61. The van der Waals surface area contributed by atoms with E-state index in [0.29, 0.717) is 11.5 Å². The first kappa shape index (κ1) is 13.3. The summed E-state index contributed by atoms with van der Waals surface area (Å²) in [7, 11) is 0. The van der Waals surface area contributed by atoms with E-state index >= 15 is 0 Å². The Balaban J connectivity index is 2.35. The van der Waals surface area contributed by atoms with E-state index in [2.05, 4.69) is 16.8 Å². The Hall–Kier alpha value is -2.17. The van der Waals surface area contributed by atoms with Crippen LogP contribution in [0.3, 0.4) is 0 Å². The van der Waals surface area contributed by atoms with Crippen molar-refractivity contribution in [1.82, 2.24) is 10.2 Å². The number of aryl methyl sites for hydroxylation is 2. The molecule has 1 saturated carbocycles. The molecule has 0 bridgehead atoms. The summed E-state index contributed by atoms with van der Waals surface area (Å²) in [6.45, 7) is 7.24. The third kappa shape index (κ3) is 3.40. The van der Waals surface area contributed by atoms with Gasteiger partial charge in [0.05, 0.1) is 17.4 Å². The molecule has 1 aliphatic carbocycles. The van der Waals surface area contributed by atoms with Gasteiger partial charge in [-0.25, -0.2) is 4.79 Å². The van der Waals surface area contributed by atoms with E-state index in [1.54, 1.807) is 0 Å². The van der Waals surface area contributed by atoms with Gasteiger partial charge in [-0.2, -0.15) is 5.10 Å². The van der Waals surface area contributed by atoms with E-state index < -0.39 is 5.97 Å². The van der Waals surface area contributed by atoms with Crippen molar-refractivity contribution < 1.29 is 14.6 Å². The number of hydrogen-bond acceptors (Lipinski definition) is 4. The fourth-order valence-corrected chi connectivity index (χ4v) is 1.61. The highest BCUT2D eigenvalue weighted by atomic mass is 16.5. The molecule has 0 unspecified atom stereocenters. The van der Waals surface area contributed by atoms with Crippen LogP contribution in [0.2, 0.25) is 0 Å². The molecule has 100 valence electrons. The molecule has 19 heavy (non-hydrogen) atoms. The molecule has 0 aliphatic heterocycles. The average molecular weight is 260 g/mol. The molecule has 0 spiro atoms. The summed E-state index contributed by atoms with van der Waals surface area (Å²) in [5.41, 5.74) is 2.25.